The van der Waals surface area contributed by atoms with Crippen molar-refractivity contribution in [2.24, 2.45) is 0 Å². The standard InChI is InChI=1S/C28H21N2O.C27H19N2O.C25H15N2O.3C17H22NSi.3Ir/c1-17-15-18(2)26(19(3)16-17)30-24-13-6-5-12-23(24)29-28(30)22-11-8-10-21-20-9-4-7-14-25(20)31-27(21)22;1-17-9-7-10-18(2)25(17)29-23-15-5-4-14-22(23)28-27(29)21-13-8-12-20-19-11-3-6-16-24(19)30-26(20)21;1-2-9-17(10-3-1)27-22-15-6-5-14-21(22)26-25(27)20-13-8-12-19-18-11-4-7-16-23(18)28-24(19)20;3*1-13(2)14-6-8-15(9-7-14)17-11-10-16(12-18-17)19(3,4)5;;;/h4-10,12-16H,1-3H3;3-12,14-16H,1-2H3;1-12,14-16H;3*6-8,10-13H,1-5H3;;;/q6*-1;;;/i;;;3*13D;;;. The molecule has 0 unspecified atom stereocenters. The second-order valence-corrected chi connectivity index (χ2v) is 56.4. The average molecular weight is 2530 g/mol. The van der Waals surface area contributed by atoms with Crippen LogP contribution in [0.25, 0.3) is 184 Å². The molecule has 0 N–H and O–H groups in total. The van der Waals surface area contributed by atoms with E-state index in [4.69, 9.17) is 32.3 Å². The molecule has 24 aromatic rings. The SMILES string of the molecule is Cc1cc(C)c(-n2c(-c3[c-]ccc4c3oc3ccccc34)nc3ccccc32)c(C)c1.Cc1cccc(C)c1-n1c(-c2[c-]ccc3c2oc2ccccc23)nc2ccccc21.[2H]C(C)(C)c1c[c-]c(-c2ccc([Si](C)(C)C)cn2)cc1.[2H]C(C)(C)c1c[c-]c(-c2ccc([Si](C)(C)C)cn2)cc1.[2H]C(C)(C)c1c[c-]c(-c2ccc([Si](C)(C)C)cn2)cc1.[Ir].[Ir].[Ir].[c-]1ccc2c(oc3ccccc32)c1-c1nc2ccccc2n1-c1ccccc1. The molecule has 0 atom stereocenters. The predicted molar refractivity (Wildman–Crippen MR) is 618 cm³/mol. The van der Waals surface area contributed by atoms with Gasteiger partial charge in [0, 0.05) is 116 Å². The number of para-hydroxylation sites is 11. The van der Waals surface area contributed by atoms with Crippen LogP contribution < -0.4 is 15.6 Å². The molecule has 753 valence electrons. The van der Waals surface area contributed by atoms with Crippen LogP contribution in [0.4, 0.5) is 0 Å². The molecule has 15 aromatic carbocycles. The van der Waals surface area contributed by atoms with Crippen LogP contribution >= 0.6 is 0 Å². The van der Waals surface area contributed by atoms with Crippen molar-refractivity contribution in [2.45, 2.75) is 153 Å². The fourth-order valence-electron chi connectivity index (χ4n) is 18.8. The summed E-state index contributed by atoms with van der Waals surface area (Å²) in [6.07, 6.45) is 5.99. The molecule has 12 nitrogen and oxygen atoms in total. The van der Waals surface area contributed by atoms with Crippen LogP contribution in [0.5, 0.6) is 0 Å². The molecule has 0 saturated heterocycles. The molecule has 0 aliphatic carbocycles. The normalized spacial score (nSPS) is 12.0. The maximum absolute atomic E-state index is 8.01. The summed E-state index contributed by atoms with van der Waals surface area (Å²) in [5.41, 5.74) is 32.0. The molecule has 9 heterocycles. The van der Waals surface area contributed by atoms with Crippen LogP contribution in [-0.4, -0.2) is 67.8 Å². The largest absolute Gasteiger partial charge is 0.501 e. The monoisotopic (exact) mass is 2530 g/mol. The van der Waals surface area contributed by atoms with Crippen LogP contribution in [0, 0.1) is 71.0 Å². The summed E-state index contributed by atoms with van der Waals surface area (Å²) in [4.78, 5) is 28.7. The van der Waals surface area contributed by atoms with E-state index < -0.39 is 41.9 Å². The summed E-state index contributed by atoms with van der Waals surface area (Å²) in [5.74, 6) is 0.787. The zero-order valence-electron chi connectivity index (χ0n) is 90.7. The van der Waals surface area contributed by atoms with E-state index in [1.807, 2.05) is 236 Å². The molecule has 149 heavy (non-hydrogen) atoms. The van der Waals surface area contributed by atoms with Crippen molar-refractivity contribution >= 4 is 139 Å². The van der Waals surface area contributed by atoms with Gasteiger partial charge in [0.25, 0.3) is 0 Å². The summed E-state index contributed by atoms with van der Waals surface area (Å²) in [7, 11) is -3.87. The van der Waals surface area contributed by atoms with Gasteiger partial charge >= 0.3 is 0 Å². The third kappa shape index (κ3) is 23.1. The van der Waals surface area contributed by atoms with E-state index in [1.165, 1.54) is 43.4 Å². The summed E-state index contributed by atoms with van der Waals surface area (Å²) < 4.78 is 49.6. The van der Waals surface area contributed by atoms with Crippen LogP contribution in [0.3, 0.4) is 0 Å². The van der Waals surface area contributed by atoms with Gasteiger partial charge < -0.3 is 41.9 Å². The van der Waals surface area contributed by atoms with Crippen LogP contribution in [0.1, 0.15) is 108 Å². The first kappa shape index (κ1) is 104. The second-order valence-electron chi connectivity index (χ2n) is 41.2. The number of imidazole rings is 3. The Morgan fingerprint density at radius 2 is 0.584 bits per heavy atom. The number of hydrogen-bond donors (Lipinski definition) is 0. The molecule has 0 spiro atoms. The summed E-state index contributed by atoms with van der Waals surface area (Å²) in [6.45, 7) is 43.0. The van der Waals surface area contributed by atoms with Gasteiger partial charge in [0.15, 0.2) is 0 Å². The Hall–Kier alpha value is -13.8. The molecule has 18 heteroatoms. The minimum absolute atomic E-state index is 0. The Morgan fingerprint density at radius 1 is 0.289 bits per heavy atom. The number of fused-ring (bicyclic) bond motifs is 12. The smallest absolute Gasteiger partial charge is 0.120 e. The Kier molecular flexibility index (Phi) is 32.1. The number of hydrogen-bond acceptors (Lipinski definition) is 9. The first-order valence-electron chi connectivity index (χ1n) is 51.3. The minimum atomic E-state index is -1.29. The molecule has 0 saturated carbocycles. The van der Waals surface area contributed by atoms with Gasteiger partial charge in [-0.1, -0.05) is 332 Å². The molecule has 24 rings (SSSR count). The first-order valence-corrected chi connectivity index (χ1v) is 60.3. The fraction of sp³-hybridized carbons (Fsp3) is 0.176. The predicted octanol–water partition coefficient (Wildman–Crippen LogP) is 33.4. The minimum Gasteiger partial charge on any atom is -0.501 e. The number of rotatable bonds is 15. The number of pyridine rings is 3. The van der Waals surface area contributed by atoms with Gasteiger partial charge in [0.1, 0.15) is 16.7 Å². The van der Waals surface area contributed by atoms with Gasteiger partial charge in [0.2, 0.25) is 0 Å². The number of aryl methyl sites for hydroxylation is 5. The zero-order chi connectivity index (χ0) is 105. The van der Waals surface area contributed by atoms with E-state index in [9.17, 15) is 0 Å². The van der Waals surface area contributed by atoms with Gasteiger partial charge in [-0.05, 0) is 156 Å². The quantitative estimate of drug-likeness (QED) is 0.0727. The van der Waals surface area contributed by atoms with Crippen molar-refractivity contribution in [1.82, 2.24) is 43.6 Å². The molecule has 0 fully saturated rings. The Balaban J connectivity index is 0.000000130. The molecule has 0 amide bonds. The van der Waals surface area contributed by atoms with Crippen LogP contribution in [0.2, 0.25) is 58.9 Å². The van der Waals surface area contributed by atoms with E-state index in [0.29, 0.717) is 0 Å². The van der Waals surface area contributed by atoms with E-state index in [2.05, 4.69) is 316 Å². The Bertz CT molecular complexity index is 8520. The van der Waals surface area contributed by atoms with Crippen molar-refractivity contribution in [1.29, 1.82) is 0 Å². The van der Waals surface area contributed by atoms with E-state index >= 15 is 0 Å². The number of aromatic nitrogens is 9. The summed E-state index contributed by atoms with van der Waals surface area (Å²) in [5, 5.41) is 10.7. The zero-order valence-corrected chi connectivity index (χ0v) is 97.9. The number of benzene rings is 15. The third-order valence-electron chi connectivity index (χ3n) is 26.8. The van der Waals surface area contributed by atoms with Gasteiger partial charge in [0.05, 0.1) is 91.5 Å². The van der Waals surface area contributed by atoms with Crippen LogP contribution in [0.15, 0.2) is 365 Å². The third-order valence-corrected chi connectivity index (χ3v) is 32.9. The van der Waals surface area contributed by atoms with E-state index in [0.717, 1.165) is 201 Å². The number of furan rings is 3. The van der Waals surface area contributed by atoms with Crippen molar-refractivity contribution < 1.29 is 77.7 Å². The maximum Gasteiger partial charge on any atom is 0.120 e. The molecule has 0 aliphatic heterocycles. The van der Waals surface area contributed by atoms with E-state index in [-0.39, 0.29) is 60.3 Å². The summed E-state index contributed by atoms with van der Waals surface area (Å²) in [6, 6.07) is 133. The van der Waals surface area contributed by atoms with Crippen molar-refractivity contribution in [3.8, 4) is 85.0 Å². The maximum atomic E-state index is 8.01. The van der Waals surface area contributed by atoms with Crippen LogP contribution in [-0.2, 0) is 60.3 Å². The van der Waals surface area contributed by atoms with Gasteiger partial charge in [-0.15, -0.1) is 161 Å². The van der Waals surface area contributed by atoms with Crippen molar-refractivity contribution in [3.05, 3.63) is 433 Å². The second kappa shape index (κ2) is 46.1. The molecule has 9 aromatic heterocycles. The van der Waals surface area contributed by atoms with Crippen molar-refractivity contribution in [3.63, 3.8) is 0 Å². The number of nitrogens with zero attached hydrogens (tertiary/aromatic N) is 9. The van der Waals surface area contributed by atoms with Gasteiger partial charge in [-0.25, -0.2) is 0 Å². The Morgan fingerprint density at radius 3 is 0.886 bits per heavy atom. The van der Waals surface area contributed by atoms with Gasteiger partial charge in [-0.2, -0.15) is 0 Å². The first-order chi connectivity index (χ1) is 71.3. The fourth-order valence-corrected chi connectivity index (χ4v) is 21.9. The van der Waals surface area contributed by atoms with Gasteiger partial charge in [-0.3, -0.25) is 15.0 Å². The summed E-state index contributed by atoms with van der Waals surface area (Å²) >= 11 is 0. The topological polar surface area (TPSA) is 132 Å². The Labute approximate surface area is 923 Å². The molecule has 3 radical (unpaired) electrons. The van der Waals surface area contributed by atoms with Crippen molar-refractivity contribution in [2.75, 3.05) is 0 Å². The molecular formula is C131H121Ir3N9O3Si3-6. The van der Waals surface area contributed by atoms with E-state index in [1.54, 1.807) is 0 Å². The molecule has 0 bridgehead atoms. The average Bonchev–Trinajstić information content (AvgIpc) is 1.59. The molecular weight excluding hydrogens is 2410 g/mol. The molecule has 0 aliphatic rings.